The van der Waals surface area contributed by atoms with E-state index in [1.807, 2.05) is 6.92 Å². The number of carbonyl (C=O) groups is 1. The van der Waals surface area contributed by atoms with E-state index < -0.39 is 0 Å². The fourth-order valence-corrected chi connectivity index (χ4v) is 2.06. The molecule has 0 aliphatic carbocycles. The van der Waals surface area contributed by atoms with Crippen LogP contribution in [0.1, 0.15) is 29.3 Å². The second-order valence-electron chi connectivity index (χ2n) is 4.91. The summed E-state index contributed by atoms with van der Waals surface area (Å²) in [6.45, 7) is 5.37. The molecule has 2 N–H and O–H groups in total. The molecule has 1 unspecified atom stereocenters. The molecule has 0 aromatic heterocycles. The summed E-state index contributed by atoms with van der Waals surface area (Å²) < 4.78 is 13.1. The van der Waals surface area contributed by atoms with Gasteiger partial charge in [0.2, 0.25) is 0 Å². The van der Waals surface area contributed by atoms with Crippen molar-refractivity contribution in [1.29, 1.82) is 0 Å². The van der Waals surface area contributed by atoms with Crippen LogP contribution in [-0.4, -0.2) is 24.5 Å². The van der Waals surface area contributed by atoms with E-state index in [9.17, 15) is 9.18 Å². The van der Waals surface area contributed by atoms with Gasteiger partial charge in [-0.1, -0.05) is 0 Å². The molecule has 1 aliphatic rings. The summed E-state index contributed by atoms with van der Waals surface area (Å²) in [6.07, 6.45) is 0.916. The molecule has 0 saturated carbocycles. The molecule has 3 nitrogen and oxygen atoms in total. The van der Waals surface area contributed by atoms with E-state index in [-0.39, 0.29) is 17.3 Å². The van der Waals surface area contributed by atoms with Crippen LogP contribution < -0.4 is 10.6 Å². The normalized spacial score (nSPS) is 23.7. The van der Waals surface area contributed by atoms with Gasteiger partial charge in [0.15, 0.2) is 0 Å². The summed E-state index contributed by atoms with van der Waals surface area (Å²) in [5.74, 6) is -0.422. The number of carbonyl (C=O) groups excluding carboxylic acids is 1. The van der Waals surface area contributed by atoms with Gasteiger partial charge in [-0.05, 0) is 50.6 Å². The average Bonchev–Trinajstić information content (AvgIpc) is 2.69. The second kappa shape index (κ2) is 4.45. The monoisotopic (exact) mass is 236 g/mol. The topological polar surface area (TPSA) is 41.1 Å². The Morgan fingerprint density at radius 2 is 2.29 bits per heavy atom. The van der Waals surface area contributed by atoms with E-state index in [4.69, 9.17) is 0 Å². The Morgan fingerprint density at radius 1 is 1.53 bits per heavy atom. The van der Waals surface area contributed by atoms with Gasteiger partial charge < -0.3 is 10.6 Å². The Hall–Kier alpha value is -1.42. The standard InChI is InChI=1S/C13H17FN2O/c1-9-7-10(3-4-11(9)14)12(17)16-13(2)5-6-15-8-13/h3-4,7,15H,5-6,8H2,1-2H3,(H,16,17). The minimum atomic E-state index is -0.282. The van der Waals surface area contributed by atoms with Crippen LogP contribution in [0.25, 0.3) is 0 Å². The van der Waals surface area contributed by atoms with Crippen molar-refractivity contribution >= 4 is 5.91 Å². The third kappa shape index (κ3) is 2.64. The van der Waals surface area contributed by atoms with Crippen LogP contribution in [0.3, 0.4) is 0 Å². The molecule has 1 amide bonds. The third-order valence-corrected chi connectivity index (χ3v) is 3.20. The number of nitrogens with one attached hydrogen (secondary N) is 2. The van der Waals surface area contributed by atoms with Gasteiger partial charge in [0, 0.05) is 12.1 Å². The second-order valence-corrected chi connectivity index (χ2v) is 4.91. The van der Waals surface area contributed by atoms with E-state index >= 15 is 0 Å². The van der Waals surface area contributed by atoms with Crippen LogP contribution in [0, 0.1) is 12.7 Å². The first-order chi connectivity index (χ1) is 8.00. The predicted octanol–water partition coefficient (Wildman–Crippen LogP) is 1.62. The van der Waals surface area contributed by atoms with Crippen LogP contribution in [0.4, 0.5) is 4.39 Å². The first-order valence-corrected chi connectivity index (χ1v) is 5.80. The molecule has 1 fully saturated rings. The quantitative estimate of drug-likeness (QED) is 0.819. The highest BCUT2D eigenvalue weighted by Crippen LogP contribution is 2.15. The lowest BCUT2D eigenvalue weighted by Crippen LogP contribution is -2.47. The molecule has 1 saturated heterocycles. The summed E-state index contributed by atoms with van der Waals surface area (Å²) in [7, 11) is 0. The first-order valence-electron chi connectivity index (χ1n) is 5.80. The predicted molar refractivity (Wildman–Crippen MR) is 64.5 cm³/mol. The van der Waals surface area contributed by atoms with Crippen LogP contribution in [0.2, 0.25) is 0 Å². The maximum atomic E-state index is 13.1. The highest BCUT2D eigenvalue weighted by atomic mass is 19.1. The maximum absolute atomic E-state index is 13.1. The van der Waals surface area contributed by atoms with Crippen molar-refractivity contribution < 1.29 is 9.18 Å². The Labute approximate surface area is 100 Å². The number of benzene rings is 1. The smallest absolute Gasteiger partial charge is 0.251 e. The van der Waals surface area contributed by atoms with Crippen molar-refractivity contribution in [2.75, 3.05) is 13.1 Å². The molecule has 4 heteroatoms. The Bertz CT molecular complexity index is 439. The van der Waals surface area contributed by atoms with Gasteiger partial charge in [-0.25, -0.2) is 4.39 Å². The Morgan fingerprint density at radius 3 is 2.88 bits per heavy atom. The molecule has 92 valence electrons. The highest BCUT2D eigenvalue weighted by Gasteiger charge is 2.30. The zero-order valence-corrected chi connectivity index (χ0v) is 10.1. The van der Waals surface area contributed by atoms with Gasteiger partial charge in [0.1, 0.15) is 5.82 Å². The van der Waals surface area contributed by atoms with Crippen molar-refractivity contribution in [3.63, 3.8) is 0 Å². The molecule has 0 radical (unpaired) electrons. The largest absolute Gasteiger partial charge is 0.346 e. The van der Waals surface area contributed by atoms with Crippen molar-refractivity contribution in [2.45, 2.75) is 25.8 Å². The van der Waals surface area contributed by atoms with E-state index in [1.54, 1.807) is 13.0 Å². The molecular weight excluding hydrogens is 219 g/mol. The zero-order chi connectivity index (χ0) is 12.5. The van der Waals surface area contributed by atoms with Gasteiger partial charge in [-0.2, -0.15) is 0 Å². The summed E-state index contributed by atoms with van der Waals surface area (Å²) in [5, 5.41) is 6.21. The van der Waals surface area contributed by atoms with Crippen LogP contribution in [-0.2, 0) is 0 Å². The molecule has 0 spiro atoms. The summed E-state index contributed by atoms with van der Waals surface area (Å²) in [4.78, 5) is 12.0. The molecule has 1 atom stereocenters. The van der Waals surface area contributed by atoms with E-state index in [1.165, 1.54) is 12.1 Å². The SMILES string of the molecule is Cc1cc(C(=O)NC2(C)CCNC2)ccc1F. The summed E-state index contributed by atoms with van der Waals surface area (Å²) in [5.41, 5.74) is 0.809. The van der Waals surface area contributed by atoms with Gasteiger partial charge in [-0.3, -0.25) is 4.79 Å². The van der Waals surface area contributed by atoms with Crippen molar-refractivity contribution in [3.05, 3.63) is 35.1 Å². The lowest BCUT2D eigenvalue weighted by molar-refractivity contribution is 0.0913. The highest BCUT2D eigenvalue weighted by molar-refractivity contribution is 5.94. The van der Waals surface area contributed by atoms with Crippen molar-refractivity contribution in [2.24, 2.45) is 0 Å². The summed E-state index contributed by atoms with van der Waals surface area (Å²) >= 11 is 0. The van der Waals surface area contributed by atoms with E-state index in [0.29, 0.717) is 11.1 Å². The fourth-order valence-electron chi connectivity index (χ4n) is 2.06. The van der Waals surface area contributed by atoms with Crippen LogP contribution >= 0.6 is 0 Å². The maximum Gasteiger partial charge on any atom is 0.251 e. The Balaban J connectivity index is 2.11. The summed E-state index contributed by atoms with van der Waals surface area (Å²) in [6, 6.07) is 4.43. The van der Waals surface area contributed by atoms with Gasteiger partial charge >= 0.3 is 0 Å². The minimum Gasteiger partial charge on any atom is -0.346 e. The molecule has 17 heavy (non-hydrogen) atoms. The van der Waals surface area contributed by atoms with Gasteiger partial charge in [0.05, 0.1) is 5.54 Å². The molecule has 0 bridgehead atoms. The number of hydrogen-bond donors (Lipinski definition) is 2. The number of amides is 1. The molecule has 1 aliphatic heterocycles. The van der Waals surface area contributed by atoms with Crippen molar-refractivity contribution in [3.8, 4) is 0 Å². The zero-order valence-electron chi connectivity index (χ0n) is 10.1. The van der Waals surface area contributed by atoms with Gasteiger partial charge in [0.25, 0.3) is 5.91 Å². The molecule has 2 rings (SSSR count). The Kier molecular flexibility index (Phi) is 3.15. The molecular formula is C13H17FN2O. The molecule has 1 aromatic carbocycles. The number of halogens is 1. The minimum absolute atomic E-state index is 0.140. The number of rotatable bonds is 2. The van der Waals surface area contributed by atoms with Crippen molar-refractivity contribution in [1.82, 2.24) is 10.6 Å². The average molecular weight is 236 g/mol. The lowest BCUT2D eigenvalue weighted by atomic mass is 10.0. The fraction of sp³-hybridized carbons (Fsp3) is 0.462. The molecule has 1 heterocycles. The van der Waals surface area contributed by atoms with Crippen LogP contribution in [0.5, 0.6) is 0 Å². The lowest BCUT2D eigenvalue weighted by Gasteiger charge is -2.24. The van der Waals surface area contributed by atoms with E-state index in [0.717, 1.165) is 19.5 Å². The van der Waals surface area contributed by atoms with E-state index in [2.05, 4.69) is 10.6 Å². The first kappa shape index (κ1) is 12.0. The van der Waals surface area contributed by atoms with Crippen LogP contribution in [0.15, 0.2) is 18.2 Å². The molecule has 1 aromatic rings. The number of hydrogen-bond acceptors (Lipinski definition) is 2. The third-order valence-electron chi connectivity index (χ3n) is 3.20. The van der Waals surface area contributed by atoms with Gasteiger partial charge in [-0.15, -0.1) is 0 Å². The number of aryl methyl sites for hydroxylation is 1.